The lowest BCUT2D eigenvalue weighted by Gasteiger charge is -2.26. The molecule has 2 aromatic rings. The van der Waals surface area contributed by atoms with Gasteiger partial charge in [-0.1, -0.05) is 71.1 Å². The number of rotatable bonds is 9. The van der Waals surface area contributed by atoms with Gasteiger partial charge in [-0.2, -0.15) is 4.94 Å². The molecule has 0 aromatic heterocycles. The van der Waals surface area contributed by atoms with Crippen molar-refractivity contribution in [2.75, 3.05) is 38.7 Å². The van der Waals surface area contributed by atoms with Crippen molar-refractivity contribution in [1.29, 1.82) is 0 Å². The van der Waals surface area contributed by atoms with Crippen LogP contribution >= 0.6 is 0 Å². The second-order valence-electron chi connectivity index (χ2n) is 9.43. The molecule has 0 fully saturated rings. The van der Waals surface area contributed by atoms with E-state index in [4.69, 9.17) is 9.53 Å². The molecule has 0 saturated carbocycles. The van der Waals surface area contributed by atoms with E-state index in [1.165, 1.54) is 58.6 Å². The van der Waals surface area contributed by atoms with Gasteiger partial charge in [-0.15, -0.1) is 12.8 Å². The summed E-state index contributed by atoms with van der Waals surface area (Å²) in [6.45, 7) is 25.1. The predicted octanol–water partition coefficient (Wildman–Crippen LogP) is 8.39. The van der Waals surface area contributed by atoms with Crippen LogP contribution in [0.25, 0.3) is 11.6 Å². The summed E-state index contributed by atoms with van der Waals surface area (Å²) < 4.78 is 20.7. The van der Waals surface area contributed by atoms with Gasteiger partial charge in [-0.25, -0.2) is 4.79 Å². The average molecular weight is 684 g/mol. The normalized spacial score (nSPS) is 10.5. The molecule has 1 amide bonds. The van der Waals surface area contributed by atoms with Crippen LogP contribution in [-0.4, -0.2) is 46.7 Å². The van der Waals surface area contributed by atoms with Crippen LogP contribution in [0.3, 0.4) is 0 Å². The predicted molar refractivity (Wildman–Crippen MR) is 208 cm³/mol. The Hall–Kier alpha value is -4.65. The van der Waals surface area contributed by atoms with E-state index >= 15 is 0 Å². The first-order valence-electron chi connectivity index (χ1n) is 16.4. The van der Waals surface area contributed by atoms with Gasteiger partial charge in [0.05, 0.1) is 13.4 Å². The van der Waals surface area contributed by atoms with Crippen LogP contribution in [0.2, 0.25) is 0 Å². The fourth-order valence-corrected chi connectivity index (χ4v) is 4.04. The van der Waals surface area contributed by atoms with Crippen molar-refractivity contribution in [2.24, 2.45) is 5.73 Å². The van der Waals surface area contributed by atoms with E-state index in [1.807, 2.05) is 13.7 Å². The summed E-state index contributed by atoms with van der Waals surface area (Å²) in [5, 5.41) is 4.94. The zero-order valence-electron chi connectivity index (χ0n) is 31.6. The van der Waals surface area contributed by atoms with Crippen LogP contribution < -0.4 is 31.1 Å². The lowest BCUT2D eigenvalue weighted by molar-refractivity contribution is -0.0980. The number of anilines is 1. The highest BCUT2D eigenvalue weighted by Gasteiger charge is 2.20. The summed E-state index contributed by atoms with van der Waals surface area (Å²) in [6.07, 6.45) is 19.5. The van der Waals surface area contributed by atoms with Crippen LogP contribution in [0, 0.1) is 12.8 Å². The number of alkyl carbamates (subject to hydrolysis) is 1. The fraction of sp³-hybridized carbons (Fsp3) is 0.400. The van der Waals surface area contributed by atoms with Crippen LogP contribution in [-0.2, 0) is 14.5 Å². The van der Waals surface area contributed by atoms with Crippen LogP contribution in [0.15, 0.2) is 73.0 Å². The topological polar surface area (TPSA) is 103 Å². The lowest BCUT2D eigenvalue weighted by Crippen LogP contribution is -2.23. The number of nitrogens with one attached hydrogen (secondary N) is 1. The first kappa shape index (κ1) is 51.2. The van der Waals surface area contributed by atoms with Crippen molar-refractivity contribution < 1.29 is 28.5 Å². The minimum absolute atomic E-state index is 0.426. The number of halogens is 1. The maximum atomic E-state index is 10.7. The highest BCUT2D eigenvalue weighted by molar-refractivity contribution is 5.85. The van der Waals surface area contributed by atoms with Gasteiger partial charge in [0.15, 0.2) is 0 Å². The Morgan fingerprint density at radius 1 is 1.02 bits per heavy atom. The summed E-state index contributed by atoms with van der Waals surface area (Å²) in [4.78, 5) is 23.8. The van der Waals surface area contributed by atoms with Crippen LogP contribution in [0.1, 0.15) is 80.2 Å². The van der Waals surface area contributed by atoms with E-state index in [0.29, 0.717) is 6.54 Å². The monoisotopic (exact) mass is 683 g/mol. The molecule has 0 saturated heterocycles. The van der Waals surface area contributed by atoms with E-state index in [1.54, 1.807) is 6.08 Å². The molecule has 0 spiro atoms. The maximum absolute atomic E-state index is 10.7. The summed E-state index contributed by atoms with van der Waals surface area (Å²) in [5.74, 6) is 1.90. The van der Waals surface area contributed by atoms with Gasteiger partial charge >= 0.3 is 6.09 Å². The quantitative estimate of drug-likeness (QED) is 0.156. The molecule has 3 rings (SSSR count). The van der Waals surface area contributed by atoms with Gasteiger partial charge in [0.25, 0.3) is 0 Å². The number of nitrogens with two attached hydrogens (primary N) is 1. The molecule has 0 bridgehead atoms. The van der Waals surface area contributed by atoms with E-state index in [-0.39, 0.29) is 0 Å². The third-order valence-electron chi connectivity index (χ3n) is 6.03. The van der Waals surface area contributed by atoms with E-state index in [0.717, 1.165) is 44.5 Å². The molecule has 1 aliphatic heterocycles. The number of hydrogen-bond donors (Lipinski definition) is 2. The number of carbonyl (C=O) groups excluding carboxylic acids is 2. The molecule has 0 atom stereocenters. The minimum Gasteiger partial charge on any atom is -0.456 e. The standard InChI is InChI=1S/C24H29NO.C8H13NO2.C3H8.C2H2.CH3FO.CH5N.CH2O/c1-6-10-18-11-13-20-22(15-18)26-23-16-19(25(8-3)9-4)12-14-21(23)24(20)17(5)7-2;1-3-5-7-11-8(10)9-6-4-2;1-3-2;1-2;1-3-2;2*1-2/h7,10-16H,6,8-9H2,1-5H3;3,5,7H,1,4,6H2,2H3,(H,9,10);3H2,1-2H3;1-2H;1H3;2H2,1H3;1H2/b17-7+,18-10-;7-5+;;;;;. The third-order valence-corrected chi connectivity index (χ3v) is 6.03. The van der Waals surface area contributed by atoms with Gasteiger partial charge < -0.3 is 30.2 Å². The molecule has 9 heteroatoms. The number of amides is 1. The smallest absolute Gasteiger partial charge is 0.412 e. The molecule has 3 N–H and O–H groups in total. The molecule has 8 nitrogen and oxygen atoms in total. The largest absolute Gasteiger partial charge is 0.456 e. The van der Waals surface area contributed by atoms with Crippen molar-refractivity contribution >= 4 is 30.2 Å². The molecule has 0 radical (unpaired) electrons. The minimum atomic E-state index is -0.426. The number of terminal acetylenes is 1. The number of hydrogen-bond acceptors (Lipinski definition) is 7. The highest BCUT2D eigenvalue weighted by atomic mass is 19.3. The number of fused-ring (bicyclic) bond motifs is 2. The first-order valence-corrected chi connectivity index (χ1v) is 16.4. The number of carbonyl (C=O) groups is 2. The van der Waals surface area contributed by atoms with Crippen molar-refractivity contribution in [2.45, 2.75) is 74.7 Å². The SMILES string of the molecule is C#C.C/C=C(\C)C1=c2cc/c(=C/CC)cc2Oc2cc(N(CC)CC)ccc21.C=C/C=C/OC(=O)NCCC.C=O.CCC.CN.COF. The summed E-state index contributed by atoms with van der Waals surface area (Å²) in [5.41, 5.74) is 9.44. The molecule has 2 aromatic carbocycles. The molecular weight excluding hydrogens is 621 g/mol. The van der Waals surface area contributed by atoms with Crippen LogP contribution in [0.4, 0.5) is 15.0 Å². The molecule has 0 unspecified atom stereocenters. The lowest BCUT2D eigenvalue weighted by atomic mass is 9.92. The highest BCUT2D eigenvalue weighted by Crippen LogP contribution is 2.38. The first-order chi connectivity index (χ1) is 23.8. The van der Waals surface area contributed by atoms with Gasteiger partial charge in [0.2, 0.25) is 0 Å². The Bertz CT molecular complexity index is 1350. The average Bonchev–Trinajstić information content (AvgIpc) is 3.13. The van der Waals surface area contributed by atoms with Crippen molar-refractivity contribution in [1.82, 2.24) is 5.32 Å². The number of ether oxygens (including phenoxy) is 2. The van der Waals surface area contributed by atoms with Gasteiger partial charge in [-0.3, -0.25) is 0 Å². The Kier molecular flexibility index (Phi) is 37.8. The molecular formula is C40H62FN3O5. The summed E-state index contributed by atoms with van der Waals surface area (Å²) in [6, 6.07) is 13.1. The van der Waals surface area contributed by atoms with Crippen molar-refractivity contribution in [3.8, 4) is 24.3 Å². The van der Waals surface area contributed by atoms with Crippen molar-refractivity contribution in [3.05, 3.63) is 89.0 Å². The number of benzene rings is 2. The van der Waals surface area contributed by atoms with Crippen LogP contribution in [0.5, 0.6) is 11.5 Å². The summed E-state index contributed by atoms with van der Waals surface area (Å²) >= 11 is 0. The summed E-state index contributed by atoms with van der Waals surface area (Å²) in [7, 11) is 2.46. The zero-order valence-corrected chi connectivity index (χ0v) is 31.6. The Labute approximate surface area is 296 Å². The molecule has 1 heterocycles. The molecule has 1 aliphatic rings. The number of allylic oxidation sites excluding steroid dienone is 4. The van der Waals surface area contributed by atoms with Gasteiger partial charge in [0, 0.05) is 42.2 Å². The third kappa shape index (κ3) is 21.0. The van der Waals surface area contributed by atoms with Crippen molar-refractivity contribution in [3.63, 3.8) is 0 Å². The number of nitrogens with zero attached hydrogens (tertiary/aromatic N) is 1. The van der Waals surface area contributed by atoms with Gasteiger partial charge in [0.1, 0.15) is 18.3 Å². The Morgan fingerprint density at radius 2 is 1.59 bits per heavy atom. The van der Waals surface area contributed by atoms with E-state index in [9.17, 15) is 9.32 Å². The van der Waals surface area contributed by atoms with E-state index in [2.05, 4.69) is 142 Å². The second-order valence-corrected chi connectivity index (χ2v) is 9.43. The zero-order chi connectivity index (χ0) is 38.6. The maximum Gasteiger partial charge on any atom is 0.412 e. The molecule has 274 valence electrons. The van der Waals surface area contributed by atoms with Gasteiger partial charge in [-0.05, 0) is 92.8 Å². The fourth-order valence-electron chi connectivity index (χ4n) is 4.04. The molecule has 49 heavy (non-hydrogen) atoms. The van der Waals surface area contributed by atoms with E-state index < -0.39 is 6.09 Å². The second kappa shape index (κ2) is 36.2. The Balaban J connectivity index is -0.000000367. The Morgan fingerprint density at radius 3 is 2.06 bits per heavy atom. The molecule has 0 aliphatic carbocycles.